The number of benzene rings is 4. The average molecular weight is 420 g/mol. The van der Waals surface area contributed by atoms with E-state index in [1.807, 2.05) is 97.1 Å². The molecule has 0 spiro atoms. The van der Waals surface area contributed by atoms with Gasteiger partial charge in [-0.3, -0.25) is 4.79 Å². The molecule has 6 heteroatoms. The summed E-state index contributed by atoms with van der Waals surface area (Å²) >= 11 is 0. The molecule has 0 radical (unpaired) electrons. The highest BCUT2D eigenvalue weighted by Crippen LogP contribution is 2.25. The van der Waals surface area contributed by atoms with Gasteiger partial charge in [0.15, 0.2) is 5.82 Å². The first-order valence-electron chi connectivity index (χ1n) is 10.2. The number of carbonyl (C=O) groups is 1. The number of amides is 1. The van der Waals surface area contributed by atoms with Gasteiger partial charge in [-0.25, -0.2) is 9.67 Å². The second-order valence-corrected chi connectivity index (χ2v) is 7.22. The molecule has 0 saturated heterocycles. The molecule has 32 heavy (non-hydrogen) atoms. The van der Waals surface area contributed by atoms with Crippen molar-refractivity contribution in [2.45, 2.75) is 0 Å². The first kappa shape index (κ1) is 19.5. The van der Waals surface area contributed by atoms with Crippen LogP contribution >= 0.6 is 0 Å². The minimum Gasteiger partial charge on any atom is -0.497 e. The summed E-state index contributed by atoms with van der Waals surface area (Å²) in [6, 6.07) is 30.8. The molecule has 0 fully saturated rings. The molecule has 5 aromatic rings. The molecule has 0 bridgehead atoms. The summed E-state index contributed by atoms with van der Waals surface area (Å²) in [6.45, 7) is 0. The van der Waals surface area contributed by atoms with E-state index in [4.69, 9.17) is 4.74 Å². The predicted molar refractivity (Wildman–Crippen MR) is 125 cm³/mol. The predicted octanol–water partition coefficient (Wildman–Crippen LogP) is 5.35. The normalized spacial score (nSPS) is 10.8. The van der Waals surface area contributed by atoms with Gasteiger partial charge in [-0.15, -0.1) is 5.10 Å². The molecular formula is C26H20N4O2. The highest BCUT2D eigenvalue weighted by Gasteiger charge is 2.19. The highest BCUT2D eigenvalue weighted by molar-refractivity contribution is 6.07. The van der Waals surface area contributed by atoms with Gasteiger partial charge in [-0.2, -0.15) is 0 Å². The van der Waals surface area contributed by atoms with E-state index in [2.05, 4.69) is 15.4 Å². The van der Waals surface area contributed by atoms with E-state index in [9.17, 15) is 4.79 Å². The molecule has 0 saturated carbocycles. The van der Waals surface area contributed by atoms with Gasteiger partial charge >= 0.3 is 0 Å². The fourth-order valence-corrected chi connectivity index (χ4v) is 3.60. The van der Waals surface area contributed by atoms with Gasteiger partial charge in [0.1, 0.15) is 5.75 Å². The van der Waals surface area contributed by atoms with Gasteiger partial charge < -0.3 is 10.1 Å². The molecule has 1 aromatic heterocycles. The number of nitrogens with one attached hydrogen (secondary N) is 1. The number of aromatic nitrogens is 3. The van der Waals surface area contributed by atoms with Crippen molar-refractivity contribution < 1.29 is 9.53 Å². The van der Waals surface area contributed by atoms with Gasteiger partial charge in [0.2, 0.25) is 5.82 Å². The summed E-state index contributed by atoms with van der Waals surface area (Å²) in [5, 5.41) is 9.51. The van der Waals surface area contributed by atoms with Crippen LogP contribution in [0.4, 0.5) is 5.69 Å². The van der Waals surface area contributed by atoms with Crippen LogP contribution in [0.1, 0.15) is 10.6 Å². The Labute approximate surface area is 185 Å². The Morgan fingerprint density at radius 2 is 1.56 bits per heavy atom. The van der Waals surface area contributed by atoms with Crippen molar-refractivity contribution in [1.82, 2.24) is 14.8 Å². The molecule has 0 unspecified atom stereocenters. The Balaban J connectivity index is 1.55. The Morgan fingerprint density at radius 1 is 0.844 bits per heavy atom. The van der Waals surface area contributed by atoms with Gasteiger partial charge in [0, 0.05) is 16.6 Å². The summed E-state index contributed by atoms with van der Waals surface area (Å²) in [7, 11) is 1.62. The number of nitrogens with zero attached hydrogens (tertiary/aromatic N) is 3. The van der Waals surface area contributed by atoms with Gasteiger partial charge in [-0.05, 0) is 35.7 Å². The molecule has 6 nitrogen and oxygen atoms in total. The molecule has 4 aromatic carbocycles. The molecule has 1 amide bonds. The van der Waals surface area contributed by atoms with E-state index < -0.39 is 0 Å². The maximum atomic E-state index is 13.1. The zero-order chi connectivity index (χ0) is 21.9. The topological polar surface area (TPSA) is 69.0 Å². The van der Waals surface area contributed by atoms with Gasteiger partial charge in [0.05, 0.1) is 12.8 Å². The highest BCUT2D eigenvalue weighted by atomic mass is 16.5. The van der Waals surface area contributed by atoms with Crippen LogP contribution in [0.5, 0.6) is 5.75 Å². The Hall–Kier alpha value is -4.45. The maximum Gasteiger partial charge on any atom is 0.295 e. The number of hydrogen-bond acceptors (Lipinski definition) is 4. The van der Waals surface area contributed by atoms with Crippen molar-refractivity contribution in [3.8, 4) is 22.8 Å². The van der Waals surface area contributed by atoms with Crippen LogP contribution in [0.25, 0.3) is 27.8 Å². The third-order valence-corrected chi connectivity index (χ3v) is 5.20. The van der Waals surface area contributed by atoms with E-state index >= 15 is 0 Å². The Kier molecular flexibility index (Phi) is 5.09. The van der Waals surface area contributed by atoms with Crippen LogP contribution in [0.3, 0.4) is 0 Å². The largest absolute Gasteiger partial charge is 0.497 e. The number of anilines is 1. The molecular weight excluding hydrogens is 400 g/mol. The monoisotopic (exact) mass is 420 g/mol. The van der Waals surface area contributed by atoms with Crippen LogP contribution in [-0.2, 0) is 0 Å². The number of fused-ring (bicyclic) bond motifs is 1. The fraction of sp³-hybridized carbons (Fsp3) is 0.0385. The SMILES string of the molecule is COc1ccc(-n2nc(C(=O)Nc3cccc4ccccc34)nc2-c2ccccc2)cc1. The number of methoxy groups -OCH3 is 1. The Morgan fingerprint density at radius 3 is 2.34 bits per heavy atom. The fourth-order valence-electron chi connectivity index (χ4n) is 3.60. The molecule has 1 N–H and O–H groups in total. The zero-order valence-corrected chi connectivity index (χ0v) is 17.4. The smallest absolute Gasteiger partial charge is 0.295 e. The van der Waals surface area contributed by atoms with Crippen molar-refractivity contribution in [1.29, 1.82) is 0 Å². The summed E-state index contributed by atoms with van der Waals surface area (Å²) in [4.78, 5) is 17.7. The van der Waals surface area contributed by atoms with Crippen molar-refractivity contribution in [2.24, 2.45) is 0 Å². The summed E-state index contributed by atoms with van der Waals surface area (Å²) in [5.41, 5.74) is 2.36. The van der Waals surface area contributed by atoms with Crippen molar-refractivity contribution in [3.63, 3.8) is 0 Å². The standard InChI is InChI=1S/C26H20N4O2/c1-32-21-16-14-20(15-17-21)30-25(19-9-3-2-4-10-19)28-24(29-30)26(31)27-23-13-7-11-18-8-5-6-12-22(18)23/h2-17H,1H3,(H,27,31). The second kappa shape index (κ2) is 8.35. The van der Waals surface area contributed by atoms with Gasteiger partial charge in [0.25, 0.3) is 5.91 Å². The van der Waals surface area contributed by atoms with E-state index in [-0.39, 0.29) is 11.7 Å². The Bertz CT molecular complexity index is 1390. The van der Waals surface area contributed by atoms with Gasteiger partial charge in [-0.1, -0.05) is 66.7 Å². The number of rotatable bonds is 5. The molecule has 0 aliphatic carbocycles. The maximum absolute atomic E-state index is 13.1. The lowest BCUT2D eigenvalue weighted by molar-refractivity contribution is 0.101. The van der Waals surface area contributed by atoms with Crippen LogP contribution < -0.4 is 10.1 Å². The van der Waals surface area contributed by atoms with Crippen LogP contribution in [0.15, 0.2) is 97.1 Å². The summed E-state index contributed by atoms with van der Waals surface area (Å²) in [5.74, 6) is 1.04. The van der Waals surface area contributed by atoms with E-state index in [1.165, 1.54) is 0 Å². The van der Waals surface area contributed by atoms with E-state index in [0.29, 0.717) is 5.82 Å². The van der Waals surface area contributed by atoms with Crippen LogP contribution in [-0.4, -0.2) is 27.8 Å². The summed E-state index contributed by atoms with van der Waals surface area (Å²) < 4.78 is 6.93. The second-order valence-electron chi connectivity index (χ2n) is 7.22. The lowest BCUT2D eigenvalue weighted by Crippen LogP contribution is -2.14. The number of hydrogen-bond donors (Lipinski definition) is 1. The third kappa shape index (κ3) is 3.70. The summed E-state index contributed by atoms with van der Waals surface area (Å²) in [6.07, 6.45) is 0. The third-order valence-electron chi connectivity index (χ3n) is 5.20. The zero-order valence-electron chi connectivity index (χ0n) is 17.4. The minimum absolute atomic E-state index is 0.0904. The average Bonchev–Trinajstić information content (AvgIpc) is 3.31. The molecule has 0 atom stereocenters. The number of ether oxygens (including phenoxy) is 1. The number of carbonyl (C=O) groups excluding carboxylic acids is 1. The molecule has 5 rings (SSSR count). The molecule has 0 aliphatic rings. The first-order valence-corrected chi connectivity index (χ1v) is 10.2. The van der Waals surface area contributed by atoms with Crippen molar-refractivity contribution >= 4 is 22.4 Å². The molecule has 1 heterocycles. The van der Waals surface area contributed by atoms with Crippen molar-refractivity contribution in [3.05, 3.63) is 103 Å². The minimum atomic E-state index is -0.370. The van der Waals surface area contributed by atoms with Crippen molar-refractivity contribution in [2.75, 3.05) is 12.4 Å². The lowest BCUT2D eigenvalue weighted by atomic mass is 10.1. The first-order chi connectivity index (χ1) is 15.7. The quantitative estimate of drug-likeness (QED) is 0.416. The molecule has 0 aliphatic heterocycles. The van der Waals surface area contributed by atoms with E-state index in [1.54, 1.807) is 11.8 Å². The van der Waals surface area contributed by atoms with Crippen LogP contribution in [0.2, 0.25) is 0 Å². The molecule has 156 valence electrons. The van der Waals surface area contributed by atoms with E-state index in [0.717, 1.165) is 33.5 Å². The van der Waals surface area contributed by atoms with Crippen LogP contribution in [0, 0.1) is 0 Å². The lowest BCUT2D eigenvalue weighted by Gasteiger charge is -2.07.